The fraction of sp³-hybridized carbons (Fsp3) is 0.469. The van der Waals surface area contributed by atoms with Crippen LogP contribution in [0.25, 0.3) is 0 Å². The van der Waals surface area contributed by atoms with E-state index >= 15 is 0 Å². The molecule has 0 aliphatic carbocycles. The molecule has 0 spiro atoms. The molecule has 1 fully saturated rings. The fourth-order valence-electron chi connectivity index (χ4n) is 5.11. The molecule has 3 amide bonds. The second-order valence-electron chi connectivity index (χ2n) is 12.9. The predicted octanol–water partition coefficient (Wildman–Crippen LogP) is 6.98. The van der Waals surface area contributed by atoms with Crippen LogP contribution in [0.1, 0.15) is 77.3 Å². The van der Waals surface area contributed by atoms with Crippen LogP contribution >= 0.6 is 24.2 Å². The van der Waals surface area contributed by atoms with Crippen LogP contribution < -0.4 is 10.6 Å². The van der Waals surface area contributed by atoms with Gasteiger partial charge in [-0.25, -0.2) is 14.6 Å². The highest BCUT2D eigenvalue weighted by molar-refractivity contribution is 7.75. The van der Waals surface area contributed by atoms with Crippen LogP contribution in [-0.2, 0) is 31.3 Å². The number of carbonyl (C=O) groups is 3. The van der Waals surface area contributed by atoms with Gasteiger partial charge in [0.1, 0.15) is 17.3 Å². The standard InChI is InChI=1S/C32H41N5O6S2/c1-31(2,3)41-29(39)36-28-35-23(19-45-28)17-26(38)34-22-11-9-20(10-12-22)16-24-13-14-25(37(24)30(40)42-32(4,5)6)27(43-44)21-8-7-15-33-18-21/h7-12,15,18-19,24-25,27,44H,13-14,16-17H2,1-6H3,(H,34,38)(H,35,36,39)/t24-,25+,27+/m0/s1. The summed E-state index contributed by atoms with van der Waals surface area (Å²) >= 11 is 5.38. The molecule has 45 heavy (non-hydrogen) atoms. The van der Waals surface area contributed by atoms with Crippen molar-refractivity contribution in [2.24, 2.45) is 0 Å². The van der Waals surface area contributed by atoms with Crippen LogP contribution in [0.3, 0.4) is 0 Å². The van der Waals surface area contributed by atoms with Gasteiger partial charge in [-0.05, 0) is 97.5 Å². The first-order valence-corrected chi connectivity index (χ1v) is 16.0. The van der Waals surface area contributed by atoms with Crippen LogP contribution in [0.15, 0.2) is 54.2 Å². The molecule has 0 unspecified atom stereocenters. The summed E-state index contributed by atoms with van der Waals surface area (Å²) < 4.78 is 16.6. The minimum atomic E-state index is -0.658. The number of thiol groups is 1. The van der Waals surface area contributed by atoms with E-state index in [4.69, 9.17) is 13.7 Å². The van der Waals surface area contributed by atoms with Crippen molar-refractivity contribution in [2.75, 3.05) is 10.6 Å². The number of ether oxygens (including phenoxy) is 2. The van der Waals surface area contributed by atoms with Crippen molar-refractivity contribution >= 4 is 53.2 Å². The monoisotopic (exact) mass is 655 g/mol. The molecule has 0 radical (unpaired) electrons. The van der Waals surface area contributed by atoms with Gasteiger partial charge in [0, 0.05) is 35.1 Å². The number of anilines is 2. The smallest absolute Gasteiger partial charge is 0.413 e. The van der Waals surface area contributed by atoms with Gasteiger partial charge in [-0.2, -0.15) is 0 Å². The van der Waals surface area contributed by atoms with E-state index in [9.17, 15) is 14.4 Å². The Hall–Kier alpha value is -3.68. The molecule has 3 heterocycles. The molecule has 2 N–H and O–H groups in total. The largest absolute Gasteiger partial charge is 0.444 e. The molecule has 1 saturated heterocycles. The average Bonchev–Trinajstić information content (AvgIpc) is 3.55. The normalized spacial score (nSPS) is 17.4. The van der Waals surface area contributed by atoms with Crippen molar-refractivity contribution < 1.29 is 28.0 Å². The van der Waals surface area contributed by atoms with Crippen LogP contribution in [-0.4, -0.2) is 56.2 Å². The van der Waals surface area contributed by atoms with E-state index < -0.39 is 29.5 Å². The minimum absolute atomic E-state index is 0.0495. The van der Waals surface area contributed by atoms with Gasteiger partial charge in [0.15, 0.2) is 5.13 Å². The molecule has 2 aromatic heterocycles. The van der Waals surface area contributed by atoms with Gasteiger partial charge in [0.25, 0.3) is 0 Å². The first-order chi connectivity index (χ1) is 21.2. The molecule has 13 heteroatoms. The van der Waals surface area contributed by atoms with Crippen molar-refractivity contribution in [3.8, 4) is 0 Å². The van der Waals surface area contributed by atoms with Gasteiger partial charge < -0.3 is 19.0 Å². The van der Waals surface area contributed by atoms with Gasteiger partial charge in [-0.1, -0.05) is 18.2 Å². The summed E-state index contributed by atoms with van der Waals surface area (Å²) in [6.45, 7) is 10.9. The Balaban J connectivity index is 1.38. The highest BCUT2D eigenvalue weighted by atomic mass is 32.1. The van der Waals surface area contributed by atoms with Gasteiger partial charge in [0.2, 0.25) is 5.91 Å². The summed E-state index contributed by atoms with van der Waals surface area (Å²) in [7, 11) is 0. The van der Waals surface area contributed by atoms with Crippen LogP contribution in [0.5, 0.6) is 0 Å². The highest BCUT2D eigenvalue weighted by Gasteiger charge is 2.44. The Bertz CT molecular complexity index is 1450. The number of likely N-dealkylation sites (tertiary alicyclic amines) is 1. The molecule has 0 bridgehead atoms. The van der Waals surface area contributed by atoms with E-state index in [0.717, 1.165) is 17.5 Å². The number of thiazole rings is 1. The molecule has 242 valence electrons. The van der Waals surface area contributed by atoms with Gasteiger partial charge in [-0.3, -0.25) is 20.0 Å². The number of nitrogens with one attached hydrogen (secondary N) is 2. The molecule has 3 atom stereocenters. The number of pyridine rings is 1. The number of hydrogen-bond donors (Lipinski definition) is 3. The number of benzene rings is 1. The molecular weight excluding hydrogens is 615 g/mol. The van der Waals surface area contributed by atoms with Gasteiger partial charge in [-0.15, -0.1) is 11.3 Å². The number of carbonyl (C=O) groups excluding carboxylic acids is 3. The van der Waals surface area contributed by atoms with Crippen LogP contribution in [0.2, 0.25) is 0 Å². The summed E-state index contributed by atoms with van der Waals surface area (Å²) in [6.07, 6.45) is 4.06. The quantitative estimate of drug-likeness (QED) is 0.166. The van der Waals surface area contributed by atoms with Crippen LogP contribution in [0.4, 0.5) is 20.4 Å². The highest BCUT2D eigenvalue weighted by Crippen LogP contribution is 2.38. The number of amides is 3. The van der Waals surface area contributed by atoms with E-state index in [1.54, 1.807) is 43.4 Å². The predicted molar refractivity (Wildman–Crippen MR) is 176 cm³/mol. The summed E-state index contributed by atoms with van der Waals surface area (Å²) in [6, 6.07) is 10.9. The summed E-state index contributed by atoms with van der Waals surface area (Å²) in [4.78, 5) is 48.5. The lowest BCUT2D eigenvalue weighted by Gasteiger charge is -2.35. The molecule has 1 aromatic carbocycles. The van der Waals surface area contributed by atoms with Crippen LogP contribution in [0, 0.1) is 0 Å². The molecular formula is C32H41N5O6S2. The maximum Gasteiger partial charge on any atom is 0.413 e. The summed E-state index contributed by atoms with van der Waals surface area (Å²) in [5.41, 5.74) is 1.73. The third-order valence-electron chi connectivity index (χ3n) is 6.84. The second-order valence-corrected chi connectivity index (χ2v) is 14.0. The Morgan fingerprint density at radius 2 is 1.73 bits per heavy atom. The topological polar surface area (TPSA) is 132 Å². The Morgan fingerprint density at radius 1 is 1.02 bits per heavy atom. The second kappa shape index (κ2) is 14.6. The number of hydrogen-bond acceptors (Lipinski definition) is 10. The average molecular weight is 656 g/mol. The zero-order chi connectivity index (χ0) is 32.8. The first kappa shape index (κ1) is 34.2. The first-order valence-electron chi connectivity index (χ1n) is 14.8. The molecule has 4 rings (SSSR count). The maximum atomic E-state index is 13.5. The Labute approximate surface area is 273 Å². The number of aromatic nitrogens is 2. The lowest BCUT2D eigenvalue weighted by atomic mass is 10.0. The van der Waals surface area contributed by atoms with E-state index in [2.05, 4.69) is 33.5 Å². The van der Waals surface area contributed by atoms with Crippen molar-refractivity contribution in [1.82, 2.24) is 14.9 Å². The van der Waals surface area contributed by atoms with Crippen molar-refractivity contribution in [3.05, 3.63) is 71.0 Å². The fourth-order valence-corrected chi connectivity index (χ4v) is 6.07. The van der Waals surface area contributed by atoms with E-state index in [1.165, 1.54) is 11.3 Å². The van der Waals surface area contributed by atoms with E-state index in [0.29, 0.717) is 29.4 Å². The Morgan fingerprint density at radius 3 is 2.36 bits per heavy atom. The molecule has 0 saturated carbocycles. The zero-order valence-corrected chi connectivity index (χ0v) is 28.1. The lowest BCUT2D eigenvalue weighted by Crippen LogP contribution is -2.47. The van der Waals surface area contributed by atoms with Crippen molar-refractivity contribution in [2.45, 2.75) is 96.6 Å². The lowest BCUT2D eigenvalue weighted by molar-refractivity contribution is -0.115. The van der Waals surface area contributed by atoms with Crippen molar-refractivity contribution in [3.63, 3.8) is 0 Å². The minimum Gasteiger partial charge on any atom is -0.444 e. The zero-order valence-electron chi connectivity index (χ0n) is 26.4. The van der Waals surface area contributed by atoms with E-state index in [-0.39, 0.29) is 24.4 Å². The molecule has 3 aromatic rings. The summed E-state index contributed by atoms with van der Waals surface area (Å²) in [5.74, 6) is -0.236. The summed E-state index contributed by atoms with van der Waals surface area (Å²) in [5, 5.41) is 7.56. The number of nitrogens with zero attached hydrogens (tertiary/aromatic N) is 3. The van der Waals surface area contributed by atoms with Gasteiger partial charge in [0.05, 0.1) is 18.2 Å². The third-order valence-corrected chi connectivity index (χ3v) is 7.87. The number of rotatable bonds is 9. The Kier molecular flexibility index (Phi) is 11.1. The third kappa shape index (κ3) is 10.2. The molecule has 1 aliphatic heterocycles. The SMILES string of the molecule is CC(C)(C)OC(=O)Nc1nc(CC(=O)Nc2ccc(C[C@@H]3CC[C@H]([C@H](OS)c4cccnc4)N3C(=O)OC(C)(C)C)cc2)cs1. The van der Waals surface area contributed by atoms with Crippen molar-refractivity contribution in [1.29, 1.82) is 0 Å². The molecule has 11 nitrogen and oxygen atoms in total. The van der Waals surface area contributed by atoms with E-state index in [1.807, 2.05) is 57.2 Å². The maximum absolute atomic E-state index is 13.5. The molecule has 1 aliphatic rings. The van der Waals surface area contributed by atoms with Gasteiger partial charge >= 0.3 is 12.2 Å².